The molecule has 1 saturated carbocycles. The average molecular weight is 480 g/mol. The summed E-state index contributed by atoms with van der Waals surface area (Å²) in [4.78, 5) is 37.3. The van der Waals surface area contributed by atoms with Gasteiger partial charge in [0.15, 0.2) is 5.82 Å². The SMILES string of the molecule is O=C1COC[C@@]2(CCCN(C(=O)[C@H]3C[C@@H](F)C3)[C@H]2COC2CCN(c3ncc(F)cn3)CC2)N1. The Bertz CT molecular complexity index is 888. The van der Waals surface area contributed by atoms with Crippen LogP contribution in [0.5, 0.6) is 0 Å². The third-order valence-corrected chi connectivity index (χ3v) is 7.55. The number of carbonyl (C=O) groups excluding carboxylic acids is 2. The second kappa shape index (κ2) is 9.69. The Hall–Kier alpha value is -2.40. The van der Waals surface area contributed by atoms with E-state index in [1.54, 1.807) is 4.90 Å². The first-order valence-electron chi connectivity index (χ1n) is 12.1. The molecular formula is C23H31F2N5O4. The fourth-order valence-corrected chi connectivity index (χ4v) is 5.59. The molecule has 0 unspecified atom stereocenters. The number of piperidine rings is 2. The lowest BCUT2D eigenvalue weighted by molar-refractivity contribution is -0.160. The molecule has 9 nitrogen and oxygen atoms in total. The standard InChI is InChI=1S/C23H31F2N5O4/c24-16-8-15(9-16)21(32)30-5-1-4-23(14-33-13-20(31)28-23)19(30)12-34-18-2-6-29(7-3-18)22-26-10-17(25)11-27-22/h10-11,15-16,18-19H,1-9,12-14H2,(H,28,31)/t15-,16+,19-,23+/m0/s1. The van der Waals surface area contributed by atoms with E-state index in [2.05, 4.69) is 15.3 Å². The Balaban J connectivity index is 1.24. The highest BCUT2D eigenvalue weighted by atomic mass is 19.1. The van der Waals surface area contributed by atoms with Gasteiger partial charge in [-0.15, -0.1) is 0 Å². The first kappa shape index (κ1) is 23.3. The molecule has 186 valence electrons. The third-order valence-electron chi connectivity index (χ3n) is 7.55. The van der Waals surface area contributed by atoms with Crippen molar-refractivity contribution >= 4 is 17.8 Å². The summed E-state index contributed by atoms with van der Waals surface area (Å²) in [6.45, 7) is 2.53. The maximum absolute atomic E-state index is 13.5. The maximum atomic E-state index is 13.5. The largest absolute Gasteiger partial charge is 0.376 e. The van der Waals surface area contributed by atoms with Crippen LogP contribution < -0.4 is 10.2 Å². The highest BCUT2D eigenvalue weighted by Crippen LogP contribution is 2.37. The zero-order valence-electron chi connectivity index (χ0n) is 19.1. The Morgan fingerprint density at radius 1 is 1.24 bits per heavy atom. The molecule has 3 saturated heterocycles. The number of hydrogen-bond donors (Lipinski definition) is 1. The molecular weight excluding hydrogens is 448 g/mol. The molecule has 3 aliphatic heterocycles. The van der Waals surface area contributed by atoms with Crippen molar-refractivity contribution < 1.29 is 27.8 Å². The van der Waals surface area contributed by atoms with E-state index in [1.165, 1.54) is 0 Å². The van der Waals surface area contributed by atoms with Crippen molar-refractivity contribution in [3.05, 3.63) is 18.2 Å². The van der Waals surface area contributed by atoms with Crippen LogP contribution in [0.4, 0.5) is 14.7 Å². The lowest BCUT2D eigenvalue weighted by Gasteiger charge is -2.52. The third kappa shape index (κ3) is 4.72. The van der Waals surface area contributed by atoms with Crippen molar-refractivity contribution in [2.75, 3.05) is 44.4 Å². The Labute approximate surface area is 197 Å². The van der Waals surface area contributed by atoms with E-state index in [0.29, 0.717) is 38.6 Å². The lowest BCUT2D eigenvalue weighted by Crippen LogP contribution is -2.72. The van der Waals surface area contributed by atoms with Crippen LogP contribution in [0.2, 0.25) is 0 Å². The monoisotopic (exact) mass is 479 g/mol. The number of anilines is 1. The van der Waals surface area contributed by atoms with Gasteiger partial charge in [0.1, 0.15) is 12.8 Å². The van der Waals surface area contributed by atoms with Gasteiger partial charge in [0, 0.05) is 25.6 Å². The summed E-state index contributed by atoms with van der Waals surface area (Å²) in [5, 5.41) is 3.10. The second-order valence-corrected chi connectivity index (χ2v) is 9.83. The number of amides is 2. The van der Waals surface area contributed by atoms with Gasteiger partial charge in [-0.05, 0) is 38.5 Å². The lowest BCUT2D eigenvalue weighted by atomic mass is 9.77. The van der Waals surface area contributed by atoms with Gasteiger partial charge in [-0.2, -0.15) is 0 Å². The highest BCUT2D eigenvalue weighted by molar-refractivity contribution is 5.82. The smallest absolute Gasteiger partial charge is 0.246 e. The van der Waals surface area contributed by atoms with Gasteiger partial charge in [-0.25, -0.2) is 18.7 Å². The van der Waals surface area contributed by atoms with E-state index < -0.39 is 17.5 Å². The zero-order chi connectivity index (χ0) is 23.7. The number of nitrogens with one attached hydrogen (secondary N) is 1. The summed E-state index contributed by atoms with van der Waals surface area (Å²) in [5.41, 5.74) is -0.690. The van der Waals surface area contributed by atoms with E-state index in [0.717, 1.165) is 31.7 Å². The highest BCUT2D eigenvalue weighted by Gasteiger charge is 2.51. The van der Waals surface area contributed by atoms with Crippen LogP contribution in [0.3, 0.4) is 0 Å². The molecule has 0 bridgehead atoms. The fourth-order valence-electron chi connectivity index (χ4n) is 5.59. The zero-order valence-corrected chi connectivity index (χ0v) is 19.1. The summed E-state index contributed by atoms with van der Waals surface area (Å²) in [7, 11) is 0. The quantitative estimate of drug-likeness (QED) is 0.679. The van der Waals surface area contributed by atoms with E-state index in [-0.39, 0.29) is 55.9 Å². The first-order valence-corrected chi connectivity index (χ1v) is 12.1. The molecule has 4 heterocycles. The molecule has 11 heteroatoms. The number of halogens is 2. The van der Waals surface area contributed by atoms with Crippen LogP contribution in [0.1, 0.15) is 38.5 Å². The van der Waals surface area contributed by atoms with Crippen molar-refractivity contribution in [1.29, 1.82) is 0 Å². The van der Waals surface area contributed by atoms with Crippen molar-refractivity contribution in [2.45, 2.75) is 62.4 Å². The number of morpholine rings is 1. The number of likely N-dealkylation sites (tertiary alicyclic amines) is 1. The number of carbonyl (C=O) groups is 2. The number of ether oxygens (including phenoxy) is 2. The molecule has 1 aromatic heterocycles. The molecule has 34 heavy (non-hydrogen) atoms. The summed E-state index contributed by atoms with van der Waals surface area (Å²) >= 11 is 0. The molecule has 1 aromatic rings. The Morgan fingerprint density at radius 3 is 2.65 bits per heavy atom. The van der Waals surface area contributed by atoms with Gasteiger partial charge < -0.3 is 24.6 Å². The van der Waals surface area contributed by atoms with E-state index in [4.69, 9.17) is 9.47 Å². The number of rotatable bonds is 5. The Kier molecular flexibility index (Phi) is 6.65. The molecule has 2 amide bonds. The minimum atomic E-state index is -0.907. The van der Waals surface area contributed by atoms with Gasteiger partial charge in [-0.3, -0.25) is 9.59 Å². The fraction of sp³-hybridized carbons (Fsp3) is 0.739. The van der Waals surface area contributed by atoms with Crippen LogP contribution in [-0.2, 0) is 19.1 Å². The number of alkyl halides is 1. The summed E-state index contributed by atoms with van der Waals surface area (Å²) in [6, 6.07) is -0.366. The molecule has 4 fully saturated rings. The molecule has 1 spiro atoms. The van der Waals surface area contributed by atoms with Gasteiger partial charge in [0.05, 0.1) is 43.3 Å². The summed E-state index contributed by atoms with van der Waals surface area (Å²) in [6.07, 6.45) is 4.85. The van der Waals surface area contributed by atoms with E-state index in [1.807, 2.05) is 4.90 Å². The molecule has 0 radical (unpaired) electrons. The van der Waals surface area contributed by atoms with Crippen LogP contribution in [-0.4, -0.2) is 90.0 Å². The molecule has 1 aliphatic carbocycles. The number of nitrogens with zero attached hydrogens (tertiary/aromatic N) is 4. The Morgan fingerprint density at radius 2 is 1.97 bits per heavy atom. The average Bonchev–Trinajstić information content (AvgIpc) is 2.81. The first-order chi connectivity index (χ1) is 16.4. The number of aromatic nitrogens is 2. The predicted molar refractivity (Wildman–Crippen MR) is 117 cm³/mol. The number of hydrogen-bond acceptors (Lipinski definition) is 7. The van der Waals surface area contributed by atoms with Gasteiger partial charge in [-0.1, -0.05) is 0 Å². The van der Waals surface area contributed by atoms with Crippen molar-refractivity contribution in [3.63, 3.8) is 0 Å². The van der Waals surface area contributed by atoms with Gasteiger partial charge >= 0.3 is 0 Å². The van der Waals surface area contributed by atoms with E-state index >= 15 is 0 Å². The minimum absolute atomic E-state index is 0.0132. The molecule has 1 N–H and O–H groups in total. The molecule has 5 rings (SSSR count). The summed E-state index contributed by atoms with van der Waals surface area (Å²) in [5.74, 6) is -0.510. The van der Waals surface area contributed by atoms with Crippen LogP contribution in [0, 0.1) is 11.7 Å². The topological polar surface area (TPSA) is 96.9 Å². The minimum Gasteiger partial charge on any atom is -0.376 e. The molecule has 2 atom stereocenters. The molecule has 0 aromatic carbocycles. The van der Waals surface area contributed by atoms with Crippen LogP contribution in [0.25, 0.3) is 0 Å². The van der Waals surface area contributed by atoms with Gasteiger partial charge in [0.2, 0.25) is 17.8 Å². The van der Waals surface area contributed by atoms with Crippen molar-refractivity contribution in [3.8, 4) is 0 Å². The predicted octanol–water partition coefficient (Wildman–Crippen LogP) is 1.23. The molecule has 4 aliphatic rings. The van der Waals surface area contributed by atoms with Crippen LogP contribution in [0.15, 0.2) is 12.4 Å². The van der Waals surface area contributed by atoms with Crippen molar-refractivity contribution in [1.82, 2.24) is 20.2 Å². The van der Waals surface area contributed by atoms with E-state index in [9.17, 15) is 18.4 Å². The van der Waals surface area contributed by atoms with Crippen molar-refractivity contribution in [2.24, 2.45) is 5.92 Å². The second-order valence-electron chi connectivity index (χ2n) is 9.83. The van der Waals surface area contributed by atoms with Gasteiger partial charge in [0.25, 0.3) is 0 Å². The summed E-state index contributed by atoms with van der Waals surface area (Å²) < 4.78 is 38.5. The normalized spacial score (nSPS) is 32.4. The van der Waals surface area contributed by atoms with Crippen LogP contribution >= 0.6 is 0 Å². The maximum Gasteiger partial charge on any atom is 0.246 e.